The fraction of sp³-hybridized carbons (Fsp3) is 0.240. The van der Waals surface area contributed by atoms with Gasteiger partial charge >= 0.3 is 0 Å². The third-order valence-electron chi connectivity index (χ3n) is 5.55. The summed E-state index contributed by atoms with van der Waals surface area (Å²) in [7, 11) is 3.02. The van der Waals surface area contributed by atoms with Gasteiger partial charge in [-0.2, -0.15) is 0 Å². The molecule has 0 bridgehead atoms. The van der Waals surface area contributed by atoms with Gasteiger partial charge in [0.05, 0.1) is 19.9 Å². The number of benzene rings is 2. The minimum Gasteiger partial charge on any atom is -0.497 e. The molecule has 2 amide bonds. The minimum absolute atomic E-state index is 0.157. The first-order chi connectivity index (χ1) is 16.4. The van der Waals surface area contributed by atoms with Crippen molar-refractivity contribution in [1.82, 2.24) is 9.88 Å². The number of anilines is 1. The molecular formula is C25H22FN3O4S. The number of ether oxygens (including phenoxy) is 2. The number of nitrogens with zero attached hydrogens (tertiary/aromatic N) is 3. The quantitative estimate of drug-likeness (QED) is 0.483. The van der Waals surface area contributed by atoms with Gasteiger partial charge in [0.25, 0.3) is 5.91 Å². The average Bonchev–Trinajstić information content (AvgIpc) is 3.48. The normalized spacial score (nSPS) is 15.2. The van der Waals surface area contributed by atoms with Crippen molar-refractivity contribution >= 4 is 28.8 Å². The maximum atomic E-state index is 13.6. The van der Waals surface area contributed by atoms with E-state index in [2.05, 4.69) is 10.9 Å². The average molecular weight is 480 g/mol. The van der Waals surface area contributed by atoms with Crippen LogP contribution in [0.1, 0.15) is 27.5 Å². The molecule has 2 heterocycles. The predicted octanol–water partition coefficient (Wildman–Crippen LogP) is 3.73. The summed E-state index contributed by atoms with van der Waals surface area (Å²) in [6.45, 7) is 0.759. The van der Waals surface area contributed by atoms with Crippen LogP contribution in [-0.4, -0.2) is 48.5 Å². The van der Waals surface area contributed by atoms with Crippen LogP contribution >= 0.6 is 11.3 Å². The van der Waals surface area contributed by atoms with Crippen LogP contribution in [0, 0.1) is 18.2 Å². The number of hydrogen-bond donors (Lipinski definition) is 0. The first kappa shape index (κ1) is 23.3. The van der Waals surface area contributed by atoms with Gasteiger partial charge in [-0.05, 0) is 30.0 Å². The Morgan fingerprint density at radius 1 is 1.24 bits per heavy atom. The van der Waals surface area contributed by atoms with Crippen molar-refractivity contribution in [2.24, 2.45) is 0 Å². The Morgan fingerprint density at radius 3 is 2.50 bits per heavy atom. The highest BCUT2D eigenvalue weighted by atomic mass is 32.1. The first-order valence-corrected chi connectivity index (χ1v) is 11.3. The molecule has 1 aliphatic rings. The Hall–Kier alpha value is -3.90. The monoisotopic (exact) mass is 479 g/mol. The standard InChI is InChI=1S/C25H22FN3O4S/c1-4-23-27-21(15-34-23)24(30)29(18-11-19(32-2)13-20(12-18)33-3)22-9-10-28(25(22)31)14-16-5-7-17(26)8-6-16/h1,5-8,11-13,15,22H,9-10,14H2,2-3H3. The minimum atomic E-state index is -0.763. The van der Waals surface area contributed by atoms with Crippen molar-refractivity contribution < 1.29 is 23.5 Å². The van der Waals surface area contributed by atoms with Crippen LogP contribution in [0.2, 0.25) is 0 Å². The third-order valence-corrected chi connectivity index (χ3v) is 6.32. The number of methoxy groups -OCH3 is 2. The number of aromatic nitrogens is 1. The van der Waals surface area contributed by atoms with E-state index in [4.69, 9.17) is 15.9 Å². The van der Waals surface area contributed by atoms with E-state index in [-0.39, 0.29) is 17.4 Å². The summed E-state index contributed by atoms with van der Waals surface area (Å²) in [4.78, 5) is 34.4. The molecule has 3 aromatic rings. The molecule has 0 N–H and O–H groups in total. The maximum Gasteiger partial charge on any atom is 0.278 e. The summed E-state index contributed by atoms with van der Waals surface area (Å²) in [6.07, 6.45) is 5.84. The molecule has 0 radical (unpaired) electrons. The Bertz CT molecular complexity index is 1230. The summed E-state index contributed by atoms with van der Waals surface area (Å²) in [6, 6.07) is 10.3. The van der Waals surface area contributed by atoms with Gasteiger partial charge in [0.1, 0.15) is 29.1 Å². The van der Waals surface area contributed by atoms with Crippen LogP contribution in [0.5, 0.6) is 11.5 Å². The summed E-state index contributed by atoms with van der Waals surface area (Å²) in [5, 5.41) is 1.96. The number of terminal acetylenes is 1. The lowest BCUT2D eigenvalue weighted by atomic mass is 10.1. The molecule has 0 saturated carbocycles. The Morgan fingerprint density at radius 2 is 1.91 bits per heavy atom. The van der Waals surface area contributed by atoms with Crippen LogP contribution in [0.15, 0.2) is 47.8 Å². The van der Waals surface area contributed by atoms with Crippen molar-refractivity contribution in [3.05, 3.63) is 69.9 Å². The zero-order valence-electron chi connectivity index (χ0n) is 18.7. The molecule has 1 saturated heterocycles. The number of thiazole rings is 1. The fourth-order valence-corrected chi connectivity index (χ4v) is 4.46. The second-order valence-corrected chi connectivity index (χ2v) is 8.48. The van der Waals surface area contributed by atoms with E-state index in [1.165, 1.54) is 42.6 Å². The van der Waals surface area contributed by atoms with Gasteiger partial charge in [0.15, 0.2) is 5.01 Å². The Labute approximate surface area is 200 Å². The van der Waals surface area contributed by atoms with E-state index in [9.17, 15) is 14.0 Å². The molecule has 7 nitrogen and oxygen atoms in total. The Kier molecular flexibility index (Phi) is 6.80. The van der Waals surface area contributed by atoms with Crippen molar-refractivity contribution in [3.63, 3.8) is 0 Å². The van der Waals surface area contributed by atoms with Gasteiger partial charge in [0, 0.05) is 36.7 Å². The zero-order chi connectivity index (χ0) is 24.2. The molecular weight excluding hydrogens is 457 g/mol. The summed E-state index contributed by atoms with van der Waals surface area (Å²) >= 11 is 1.18. The molecule has 174 valence electrons. The number of halogens is 1. The second kappa shape index (κ2) is 9.93. The highest BCUT2D eigenvalue weighted by Gasteiger charge is 2.40. The lowest BCUT2D eigenvalue weighted by molar-refractivity contribution is -0.129. The largest absolute Gasteiger partial charge is 0.497 e. The SMILES string of the molecule is C#Cc1nc(C(=O)N(c2cc(OC)cc(OC)c2)C2CCN(Cc3ccc(F)cc3)C2=O)cs1. The van der Waals surface area contributed by atoms with Crippen LogP contribution in [0.3, 0.4) is 0 Å². The number of rotatable bonds is 7. The van der Waals surface area contributed by atoms with Crippen molar-refractivity contribution in [1.29, 1.82) is 0 Å². The molecule has 1 fully saturated rings. The maximum absolute atomic E-state index is 13.6. The van der Waals surface area contributed by atoms with E-state index in [1.807, 2.05) is 0 Å². The van der Waals surface area contributed by atoms with Crippen molar-refractivity contribution in [3.8, 4) is 23.8 Å². The molecule has 4 rings (SSSR count). The lowest BCUT2D eigenvalue weighted by Gasteiger charge is -2.28. The van der Waals surface area contributed by atoms with E-state index in [0.717, 1.165) is 5.56 Å². The molecule has 1 aromatic heterocycles. The number of carbonyl (C=O) groups excluding carboxylic acids is 2. The number of hydrogen-bond acceptors (Lipinski definition) is 6. The molecule has 0 aliphatic carbocycles. The highest BCUT2D eigenvalue weighted by molar-refractivity contribution is 7.10. The molecule has 1 unspecified atom stereocenters. The number of likely N-dealkylation sites (tertiary alicyclic amines) is 1. The summed E-state index contributed by atoms with van der Waals surface area (Å²) in [5.41, 5.74) is 1.40. The van der Waals surface area contributed by atoms with Gasteiger partial charge in [-0.15, -0.1) is 17.8 Å². The van der Waals surface area contributed by atoms with Crippen LogP contribution < -0.4 is 14.4 Å². The van der Waals surface area contributed by atoms with E-state index in [1.54, 1.807) is 40.6 Å². The number of carbonyl (C=O) groups is 2. The van der Waals surface area contributed by atoms with Gasteiger partial charge in [-0.3, -0.25) is 14.5 Å². The third kappa shape index (κ3) is 4.72. The van der Waals surface area contributed by atoms with E-state index in [0.29, 0.717) is 41.7 Å². The molecule has 2 aromatic carbocycles. The predicted molar refractivity (Wildman–Crippen MR) is 127 cm³/mol. The van der Waals surface area contributed by atoms with Crippen LogP contribution in [0.4, 0.5) is 10.1 Å². The second-order valence-electron chi connectivity index (χ2n) is 7.62. The van der Waals surface area contributed by atoms with Crippen LogP contribution in [0.25, 0.3) is 0 Å². The molecule has 0 spiro atoms. The van der Waals surface area contributed by atoms with Gasteiger partial charge < -0.3 is 14.4 Å². The number of amides is 2. The first-order valence-electron chi connectivity index (χ1n) is 10.5. The molecule has 34 heavy (non-hydrogen) atoms. The zero-order valence-corrected chi connectivity index (χ0v) is 19.5. The molecule has 9 heteroatoms. The summed E-state index contributed by atoms with van der Waals surface area (Å²) < 4.78 is 24.0. The van der Waals surface area contributed by atoms with E-state index < -0.39 is 11.9 Å². The van der Waals surface area contributed by atoms with Gasteiger partial charge in [-0.1, -0.05) is 12.1 Å². The molecule has 1 atom stereocenters. The van der Waals surface area contributed by atoms with Gasteiger partial charge in [-0.25, -0.2) is 9.37 Å². The van der Waals surface area contributed by atoms with Crippen molar-refractivity contribution in [2.45, 2.75) is 19.0 Å². The van der Waals surface area contributed by atoms with Crippen LogP contribution in [-0.2, 0) is 11.3 Å². The molecule has 1 aliphatic heterocycles. The van der Waals surface area contributed by atoms with Crippen molar-refractivity contribution in [2.75, 3.05) is 25.7 Å². The lowest BCUT2D eigenvalue weighted by Crippen LogP contribution is -2.45. The fourth-order valence-electron chi connectivity index (χ4n) is 3.86. The topological polar surface area (TPSA) is 72.0 Å². The highest BCUT2D eigenvalue weighted by Crippen LogP contribution is 2.33. The summed E-state index contributed by atoms with van der Waals surface area (Å²) in [5.74, 6) is 2.37. The van der Waals surface area contributed by atoms with E-state index >= 15 is 0 Å². The smallest absolute Gasteiger partial charge is 0.278 e. The van der Waals surface area contributed by atoms with Gasteiger partial charge in [0.2, 0.25) is 5.91 Å². The Balaban J connectivity index is 1.69.